The number of aliphatic hydroxyl groups excluding tert-OH is 1. The number of esters is 4. The van der Waals surface area contributed by atoms with E-state index in [1.807, 2.05) is 48.5 Å². The van der Waals surface area contributed by atoms with Gasteiger partial charge in [0.2, 0.25) is 11.2 Å². The Morgan fingerprint density at radius 1 is 0.778 bits per heavy atom. The monoisotopic (exact) mass is 508 g/mol. The molecule has 4 rings (SSSR count). The summed E-state index contributed by atoms with van der Waals surface area (Å²) in [4.78, 5) is 50.6. The lowest BCUT2D eigenvalue weighted by atomic mass is 9.66. The van der Waals surface area contributed by atoms with Crippen molar-refractivity contribution < 1.29 is 43.2 Å². The second kappa shape index (κ2) is 8.17. The molecule has 0 amide bonds. The highest BCUT2D eigenvalue weighted by Gasteiger charge is 2.77. The van der Waals surface area contributed by atoms with E-state index in [9.17, 15) is 24.3 Å². The number of carbonyl (C=O) groups is 4. The summed E-state index contributed by atoms with van der Waals surface area (Å²) in [6.45, 7) is 13.0. The molecule has 2 heterocycles. The molecule has 4 aliphatic rings. The number of rotatable bonds is 9. The summed E-state index contributed by atoms with van der Waals surface area (Å²) in [5, 5.41) is 10.6. The van der Waals surface area contributed by atoms with Crippen LogP contribution in [0.25, 0.3) is 0 Å². The SMILES string of the molecule is C[C@H](CCOC(=O)[C@@]12CC[C@@](C)(C(=O)O1)C2(C)C)[C@H](O)CCOC(=O)[C@@]12CC[C@@](C)(C(=O)O1)C2(C)C. The fourth-order valence-corrected chi connectivity index (χ4v) is 6.72. The van der Waals surface area contributed by atoms with Gasteiger partial charge in [-0.15, -0.1) is 0 Å². The van der Waals surface area contributed by atoms with Gasteiger partial charge >= 0.3 is 23.9 Å². The van der Waals surface area contributed by atoms with Gasteiger partial charge < -0.3 is 24.1 Å². The van der Waals surface area contributed by atoms with E-state index < -0.39 is 50.9 Å². The molecule has 1 N–H and O–H groups in total. The lowest BCUT2D eigenvalue weighted by Crippen LogP contribution is -2.49. The van der Waals surface area contributed by atoms with Gasteiger partial charge in [0.05, 0.1) is 30.1 Å². The number of hydrogen-bond acceptors (Lipinski definition) is 9. The van der Waals surface area contributed by atoms with Gasteiger partial charge in [-0.2, -0.15) is 0 Å². The highest BCUT2D eigenvalue weighted by atomic mass is 16.6. The second-order valence-corrected chi connectivity index (χ2v) is 12.7. The summed E-state index contributed by atoms with van der Waals surface area (Å²) in [5.74, 6) is -2.04. The van der Waals surface area contributed by atoms with Crippen LogP contribution in [0.1, 0.15) is 87.0 Å². The first kappa shape index (κ1) is 26.9. The third kappa shape index (κ3) is 3.16. The number of hydrogen-bond donors (Lipinski definition) is 1. The Morgan fingerprint density at radius 3 is 1.50 bits per heavy atom. The largest absolute Gasteiger partial charge is 0.463 e. The van der Waals surface area contributed by atoms with E-state index in [4.69, 9.17) is 18.9 Å². The topological polar surface area (TPSA) is 125 Å². The smallest absolute Gasteiger partial charge is 0.351 e. The van der Waals surface area contributed by atoms with Crippen LogP contribution in [0, 0.1) is 27.6 Å². The first-order valence-corrected chi connectivity index (χ1v) is 13.0. The Balaban J connectivity index is 1.23. The lowest BCUT2D eigenvalue weighted by molar-refractivity contribution is -0.184. The molecule has 0 unspecified atom stereocenters. The Morgan fingerprint density at radius 2 is 1.17 bits per heavy atom. The summed E-state index contributed by atoms with van der Waals surface area (Å²) in [6, 6.07) is 0. The van der Waals surface area contributed by atoms with E-state index >= 15 is 0 Å². The number of ether oxygens (including phenoxy) is 4. The maximum Gasteiger partial charge on any atom is 0.351 e. The number of fused-ring (bicyclic) bond motifs is 4. The van der Waals surface area contributed by atoms with Crippen molar-refractivity contribution in [3.05, 3.63) is 0 Å². The minimum absolute atomic E-state index is 0.0118. The predicted octanol–water partition coefficient (Wildman–Crippen LogP) is 3.09. The van der Waals surface area contributed by atoms with Crippen LogP contribution in [0.5, 0.6) is 0 Å². The van der Waals surface area contributed by atoms with Gasteiger partial charge in [0.25, 0.3) is 0 Å². The fourth-order valence-electron chi connectivity index (χ4n) is 6.72. The van der Waals surface area contributed by atoms with Gasteiger partial charge in [0, 0.05) is 17.3 Å². The first-order chi connectivity index (χ1) is 16.5. The van der Waals surface area contributed by atoms with Crippen LogP contribution >= 0.6 is 0 Å². The van der Waals surface area contributed by atoms with Crippen LogP contribution in [0.2, 0.25) is 0 Å². The van der Waals surface area contributed by atoms with Crippen LogP contribution in [0.15, 0.2) is 0 Å². The normalized spacial score (nSPS) is 38.9. The lowest BCUT2D eigenvalue weighted by Gasteiger charge is -2.34. The average molecular weight is 509 g/mol. The molecule has 0 spiro atoms. The minimum atomic E-state index is -1.28. The molecule has 0 aromatic rings. The van der Waals surface area contributed by atoms with Crippen molar-refractivity contribution in [2.75, 3.05) is 13.2 Å². The molecule has 2 saturated heterocycles. The van der Waals surface area contributed by atoms with Crippen molar-refractivity contribution >= 4 is 23.9 Å². The highest BCUT2D eigenvalue weighted by Crippen LogP contribution is 2.66. The van der Waals surface area contributed by atoms with Gasteiger partial charge in [0.1, 0.15) is 0 Å². The molecule has 2 aliphatic heterocycles. The van der Waals surface area contributed by atoms with Crippen LogP contribution in [-0.2, 0) is 38.1 Å². The fraction of sp³-hybridized carbons (Fsp3) is 0.852. The molecular formula is C27H40O9. The van der Waals surface area contributed by atoms with E-state index in [1.54, 1.807) is 0 Å². The van der Waals surface area contributed by atoms with Crippen molar-refractivity contribution in [1.82, 2.24) is 0 Å². The maximum absolute atomic E-state index is 13.0. The molecule has 0 radical (unpaired) electrons. The molecule has 2 aliphatic carbocycles. The molecule has 202 valence electrons. The number of carbonyl (C=O) groups excluding carboxylic acids is 4. The van der Waals surface area contributed by atoms with Crippen molar-refractivity contribution in [2.45, 2.75) is 104 Å². The minimum Gasteiger partial charge on any atom is -0.463 e. The van der Waals surface area contributed by atoms with E-state index in [0.717, 1.165) is 0 Å². The van der Waals surface area contributed by atoms with Crippen LogP contribution < -0.4 is 0 Å². The number of aliphatic hydroxyl groups is 1. The van der Waals surface area contributed by atoms with Crippen molar-refractivity contribution in [1.29, 1.82) is 0 Å². The summed E-state index contributed by atoms with van der Waals surface area (Å²) in [5.41, 5.74) is -5.29. The predicted molar refractivity (Wildman–Crippen MR) is 126 cm³/mol. The van der Waals surface area contributed by atoms with Crippen LogP contribution in [-0.4, -0.2) is 59.5 Å². The van der Waals surface area contributed by atoms with Crippen molar-refractivity contribution in [2.24, 2.45) is 27.6 Å². The summed E-state index contributed by atoms with van der Waals surface area (Å²) in [7, 11) is 0. The molecular weight excluding hydrogens is 468 g/mol. The Hall–Kier alpha value is -2.16. The van der Waals surface area contributed by atoms with Crippen LogP contribution in [0.3, 0.4) is 0 Å². The van der Waals surface area contributed by atoms with Crippen LogP contribution in [0.4, 0.5) is 0 Å². The Labute approximate surface area is 212 Å². The zero-order valence-corrected chi connectivity index (χ0v) is 22.5. The summed E-state index contributed by atoms with van der Waals surface area (Å²) < 4.78 is 22.1. The quantitative estimate of drug-likeness (QED) is 0.369. The molecule has 4 fully saturated rings. The van der Waals surface area contributed by atoms with E-state index in [0.29, 0.717) is 32.1 Å². The van der Waals surface area contributed by atoms with E-state index in [2.05, 4.69) is 0 Å². The third-order valence-electron chi connectivity index (χ3n) is 10.9. The third-order valence-corrected chi connectivity index (χ3v) is 10.9. The van der Waals surface area contributed by atoms with E-state index in [1.165, 1.54) is 0 Å². The molecule has 4 bridgehead atoms. The Kier molecular flexibility index (Phi) is 6.10. The second-order valence-electron chi connectivity index (χ2n) is 12.7. The standard InChI is InChI=1S/C27H40O9/c1-16(8-14-33-20(31)26-12-10-24(6,18(29)35-26)22(26,2)3)17(28)9-15-34-21(32)27-13-11-25(7,19(30)36-27)23(27,4)5/h16-17,28H,8-15H2,1-7H3/t16-,17-,24+,25+,26-,27-/m1/s1. The van der Waals surface area contributed by atoms with Crippen molar-refractivity contribution in [3.63, 3.8) is 0 Å². The average Bonchev–Trinajstić information content (AvgIpc) is 3.26. The summed E-state index contributed by atoms with van der Waals surface area (Å²) in [6.07, 6.45) is 1.85. The zero-order chi connectivity index (χ0) is 26.9. The zero-order valence-electron chi connectivity index (χ0n) is 22.5. The highest BCUT2D eigenvalue weighted by molar-refractivity contribution is 5.94. The van der Waals surface area contributed by atoms with Gasteiger partial charge in [0.15, 0.2) is 0 Å². The Bertz CT molecular complexity index is 908. The van der Waals surface area contributed by atoms with E-state index in [-0.39, 0.29) is 37.5 Å². The molecule has 0 aromatic carbocycles. The van der Waals surface area contributed by atoms with Crippen molar-refractivity contribution in [3.8, 4) is 0 Å². The molecule has 9 heteroatoms. The molecule has 6 atom stereocenters. The first-order valence-electron chi connectivity index (χ1n) is 13.0. The van der Waals surface area contributed by atoms with Gasteiger partial charge in [-0.25, -0.2) is 9.59 Å². The maximum atomic E-state index is 13.0. The van der Waals surface area contributed by atoms with Gasteiger partial charge in [-0.1, -0.05) is 34.6 Å². The molecule has 9 nitrogen and oxygen atoms in total. The van der Waals surface area contributed by atoms with Gasteiger partial charge in [-0.3, -0.25) is 9.59 Å². The van der Waals surface area contributed by atoms with Gasteiger partial charge in [-0.05, 0) is 51.9 Å². The molecule has 0 aromatic heterocycles. The summed E-state index contributed by atoms with van der Waals surface area (Å²) >= 11 is 0. The molecule has 36 heavy (non-hydrogen) atoms. The molecule has 2 saturated carbocycles.